The van der Waals surface area contributed by atoms with Crippen molar-refractivity contribution in [2.75, 3.05) is 48.9 Å². The van der Waals surface area contributed by atoms with Gasteiger partial charge in [0.05, 0.1) is 24.3 Å². The third-order valence-electron chi connectivity index (χ3n) is 7.03. The van der Waals surface area contributed by atoms with Crippen LogP contribution in [0.25, 0.3) is 22.0 Å². The smallest absolute Gasteiger partial charge is 0.378 e. The fourth-order valence-corrected chi connectivity index (χ4v) is 4.80. The lowest BCUT2D eigenvalue weighted by Gasteiger charge is -2.29. The Kier molecular flexibility index (Phi) is 7.24. The standard InChI is InChI=1S/C29H28F3N5O3/c1-17-4-5-21(14-23(17)24-12-19-16-34-26(33-2)15-25(19)36(3)28(24)39)35-27(38)18-10-20(29(30,31)32)13-22(11-18)37-6-8-40-9-7-37/h4-5,10-16H,6-9H2,1-3H3,(H,33,34)(H,35,38). The second-order valence-electron chi connectivity index (χ2n) is 9.65. The minimum atomic E-state index is -4.62. The van der Waals surface area contributed by atoms with Gasteiger partial charge in [-0.3, -0.25) is 9.59 Å². The predicted molar refractivity (Wildman–Crippen MR) is 149 cm³/mol. The summed E-state index contributed by atoms with van der Waals surface area (Å²) in [5.41, 5.74) is 1.91. The van der Waals surface area contributed by atoms with E-state index in [0.717, 1.165) is 23.1 Å². The number of alkyl halides is 3. The number of morpholine rings is 1. The molecule has 1 amide bonds. The number of hydrogen-bond donors (Lipinski definition) is 2. The molecule has 0 unspecified atom stereocenters. The number of carbonyl (C=O) groups excluding carboxylic acids is 1. The van der Waals surface area contributed by atoms with Crippen LogP contribution in [0.1, 0.15) is 21.5 Å². The molecule has 4 aromatic rings. The Bertz CT molecular complexity index is 1660. The van der Waals surface area contributed by atoms with Crippen molar-refractivity contribution in [1.29, 1.82) is 0 Å². The van der Waals surface area contributed by atoms with E-state index < -0.39 is 17.6 Å². The highest BCUT2D eigenvalue weighted by Gasteiger charge is 2.32. The van der Waals surface area contributed by atoms with Gasteiger partial charge in [-0.15, -0.1) is 0 Å². The minimum absolute atomic E-state index is 0.119. The molecule has 1 aliphatic heterocycles. The molecule has 40 heavy (non-hydrogen) atoms. The lowest BCUT2D eigenvalue weighted by atomic mass is 9.99. The van der Waals surface area contributed by atoms with E-state index in [0.29, 0.717) is 60.1 Å². The van der Waals surface area contributed by atoms with E-state index in [1.165, 1.54) is 10.6 Å². The first-order valence-electron chi connectivity index (χ1n) is 12.7. The first-order chi connectivity index (χ1) is 19.0. The number of benzene rings is 2. The maximum absolute atomic E-state index is 13.7. The molecular weight excluding hydrogens is 523 g/mol. The van der Waals surface area contributed by atoms with E-state index in [9.17, 15) is 22.8 Å². The van der Waals surface area contributed by atoms with Gasteiger partial charge in [-0.1, -0.05) is 6.07 Å². The molecule has 1 fully saturated rings. The largest absolute Gasteiger partial charge is 0.416 e. The van der Waals surface area contributed by atoms with Crippen LogP contribution in [0.2, 0.25) is 0 Å². The van der Waals surface area contributed by atoms with E-state index >= 15 is 0 Å². The third kappa shape index (κ3) is 5.37. The molecule has 0 spiro atoms. The van der Waals surface area contributed by atoms with Crippen molar-refractivity contribution in [1.82, 2.24) is 9.55 Å². The van der Waals surface area contributed by atoms with Crippen LogP contribution in [0.5, 0.6) is 0 Å². The van der Waals surface area contributed by atoms with E-state index in [-0.39, 0.29) is 11.1 Å². The molecule has 1 saturated heterocycles. The summed E-state index contributed by atoms with van der Waals surface area (Å²) in [7, 11) is 3.42. The van der Waals surface area contributed by atoms with Crippen molar-refractivity contribution in [3.8, 4) is 11.1 Å². The molecule has 0 aliphatic carbocycles. The number of nitrogens with zero attached hydrogens (tertiary/aromatic N) is 3. The first-order valence-corrected chi connectivity index (χ1v) is 12.7. The van der Waals surface area contributed by atoms with E-state index in [2.05, 4.69) is 15.6 Å². The average molecular weight is 552 g/mol. The Morgan fingerprint density at radius 2 is 1.77 bits per heavy atom. The predicted octanol–water partition coefficient (Wildman–Crippen LogP) is 5.06. The Morgan fingerprint density at radius 1 is 1.02 bits per heavy atom. The maximum atomic E-state index is 13.7. The molecule has 208 valence electrons. The lowest BCUT2D eigenvalue weighted by Crippen LogP contribution is -2.36. The van der Waals surface area contributed by atoms with Gasteiger partial charge in [-0.05, 0) is 54.4 Å². The summed E-state index contributed by atoms with van der Waals surface area (Å²) >= 11 is 0. The SMILES string of the molecule is CNc1cc2c(cn1)cc(-c1cc(NC(=O)c3cc(N4CCOCC4)cc(C(F)(F)F)c3)ccc1C)c(=O)n2C. The number of amides is 1. The summed E-state index contributed by atoms with van der Waals surface area (Å²) in [4.78, 5) is 32.6. The number of aromatic nitrogens is 2. The molecule has 2 aromatic carbocycles. The number of halogens is 3. The van der Waals surface area contributed by atoms with Crippen LogP contribution < -0.4 is 21.1 Å². The van der Waals surface area contributed by atoms with Crippen LogP contribution >= 0.6 is 0 Å². The van der Waals surface area contributed by atoms with Crippen molar-refractivity contribution >= 4 is 34.0 Å². The van der Waals surface area contributed by atoms with Crippen molar-refractivity contribution in [3.05, 3.63) is 81.8 Å². The van der Waals surface area contributed by atoms with Gasteiger partial charge in [0.1, 0.15) is 5.82 Å². The average Bonchev–Trinajstić information content (AvgIpc) is 2.95. The Labute approximate surface area is 228 Å². The number of fused-ring (bicyclic) bond motifs is 1. The van der Waals surface area contributed by atoms with Gasteiger partial charge in [0.2, 0.25) is 0 Å². The fourth-order valence-electron chi connectivity index (χ4n) is 4.80. The number of hydrogen-bond acceptors (Lipinski definition) is 6. The zero-order valence-electron chi connectivity index (χ0n) is 22.2. The monoisotopic (exact) mass is 551 g/mol. The van der Waals surface area contributed by atoms with Crippen LogP contribution in [0, 0.1) is 6.92 Å². The van der Waals surface area contributed by atoms with Crippen molar-refractivity contribution in [2.45, 2.75) is 13.1 Å². The maximum Gasteiger partial charge on any atom is 0.416 e. The van der Waals surface area contributed by atoms with Gasteiger partial charge in [0.15, 0.2) is 0 Å². The van der Waals surface area contributed by atoms with Gasteiger partial charge < -0.3 is 24.8 Å². The van der Waals surface area contributed by atoms with Crippen LogP contribution in [-0.2, 0) is 18.0 Å². The molecule has 0 saturated carbocycles. The molecule has 2 N–H and O–H groups in total. The van der Waals surface area contributed by atoms with E-state index in [1.807, 2.05) is 6.92 Å². The molecule has 5 rings (SSSR count). The second-order valence-corrected chi connectivity index (χ2v) is 9.65. The summed E-state index contributed by atoms with van der Waals surface area (Å²) in [6, 6.07) is 11.9. The highest BCUT2D eigenvalue weighted by atomic mass is 19.4. The van der Waals surface area contributed by atoms with Gasteiger partial charge >= 0.3 is 6.18 Å². The number of pyridine rings is 2. The summed E-state index contributed by atoms with van der Waals surface area (Å²) in [5, 5.41) is 6.42. The highest BCUT2D eigenvalue weighted by molar-refractivity contribution is 6.05. The first kappa shape index (κ1) is 27.2. The van der Waals surface area contributed by atoms with Crippen molar-refractivity contribution in [3.63, 3.8) is 0 Å². The van der Waals surface area contributed by atoms with Gasteiger partial charge in [-0.25, -0.2) is 4.98 Å². The Hall–Kier alpha value is -4.38. The molecule has 0 bridgehead atoms. The molecule has 8 nitrogen and oxygen atoms in total. The minimum Gasteiger partial charge on any atom is -0.378 e. The summed E-state index contributed by atoms with van der Waals surface area (Å²) in [6.45, 7) is 3.48. The molecule has 1 aliphatic rings. The van der Waals surface area contributed by atoms with Crippen LogP contribution in [-0.4, -0.2) is 48.8 Å². The summed E-state index contributed by atoms with van der Waals surface area (Å²) in [5.74, 6) is -0.0619. The second kappa shape index (κ2) is 10.6. The number of ether oxygens (including phenoxy) is 1. The van der Waals surface area contributed by atoms with E-state index in [4.69, 9.17) is 4.74 Å². The summed E-state index contributed by atoms with van der Waals surface area (Å²) < 4.78 is 47.9. The number of anilines is 3. The number of carbonyl (C=O) groups is 1. The Balaban J connectivity index is 1.50. The van der Waals surface area contributed by atoms with Gasteiger partial charge in [0.25, 0.3) is 11.5 Å². The zero-order valence-corrected chi connectivity index (χ0v) is 22.2. The van der Waals surface area contributed by atoms with Crippen molar-refractivity contribution in [2.24, 2.45) is 7.05 Å². The Morgan fingerprint density at radius 3 is 2.48 bits per heavy atom. The summed E-state index contributed by atoms with van der Waals surface area (Å²) in [6.07, 6.45) is -2.95. The van der Waals surface area contributed by atoms with E-state index in [1.54, 1.807) is 55.5 Å². The molecule has 0 radical (unpaired) electrons. The quantitative estimate of drug-likeness (QED) is 0.361. The molecule has 0 atom stereocenters. The molecule has 2 aromatic heterocycles. The number of nitrogens with one attached hydrogen (secondary N) is 2. The number of rotatable bonds is 5. The molecule has 11 heteroatoms. The van der Waals surface area contributed by atoms with Gasteiger partial charge in [-0.2, -0.15) is 13.2 Å². The van der Waals surface area contributed by atoms with Crippen molar-refractivity contribution < 1.29 is 22.7 Å². The fraction of sp³-hybridized carbons (Fsp3) is 0.276. The molecule has 3 heterocycles. The lowest BCUT2D eigenvalue weighted by molar-refractivity contribution is -0.137. The van der Waals surface area contributed by atoms with Crippen LogP contribution in [0.4, 0.5) is 30.4 Å². The van der Waals surface area contributed by atoms with Gasteiger partial charge in [0, 0.05) is 67.3 Å². The normalized spacial score (nSPS) is 13.9. The van der Waals surface area contributed by atoms with Crippen LogP contribution in [0.15, 0.2) is 59.5 Å². The van der Waals surface area contributed by atoms with Crippen LogP contribution in [0.3, 0.4) is 0 Å². The zero-order chi connectivity index (χ0) is 28.6. The highest BCUT2D eigenvalue weighted by Crippen LogP contribution is 2.34. The topological polar surface area (TPSA) is 88.5 Å². The number of aryl methyl sites for hydroxylation is 2. The molecular formula is C29H28F3N5O3. The third-order valence-corrected chi connectivity index (χ3v) is 7.03.